The zero-order valence-corrected chi connectivity index (χ0v) is 19.5. The molecule has 0 aliphatic carbocycles. The van der Waals surface area contributed by atoms with Crippen LogP contribution in [0.5, 0.6) is 0 Å². The highest BCUT2D eigenvalue weighted by Crippen LogP contribution is 2.32. The van der Waals surface area contributed by atoms with Gasteiger partial charge in [0.2, 0.25) is 11.8 Å². The topological polar surface area (TPSA) is 73.0 Å². The lowest BCUT2D eigenvalue weighted by Gasteiger charge is -2.10. The number of amides is 1. The molecule has 1 amide bonds. The Kier molecular flexibility index (Phi) is 5.64. The molecule has 33 heavy (non-hydrogen) atoms. The highest BCUT2D eigenvalue weighted by Gasteiger charge is 2.20. The Morgan fingerprint density at radius 2 is 1.79 bits per heavy atom. The van der Waals surface area contributed by atoms with E-state index in [0.717, 1.165) is 34.3 Å². The molecule has 2 aromatic heterocycles. The summed E-state index contributed by atoms with van der Waals surface area (Å²) in [6.07, 6.45) is 0. The maximum atomic E-state index is 12.9. The summed E-state index contributed by atoms with van der Waals surface area (Å²) in [5.41, 5.74) is 5.08. The fourth-order valence-electron chi connectivity index (χ4n) is 4.10. The van der Waals surface area contributed by atoms with Gasteiger partial charge in [-0.2, -0.15) is 0 Å². The molecule has 2 heterocycles. The average molecular weight is 457 g/mol. The Morgan fingerprint density at radius 3 is 2.61 bits per heavy atom. The van der Waals surface area contributed by atoms with E-state index in [4.69, 9.17) is 4.42 Å². The van der Waals surface area contributed by atoms with E-state index in [-0.39, 0.29) is 5.91 Å². The lowest BCUT2D eigenvalue weighted by Crippen LogP contribution is -2.22. The molecule has 166 valence electrons. The molecule has 0 radical (unpaired) electrons. The summed E-state index contributed by atoms with van der Waals surface area (Å²) in [5, 5.41) is 13.6. The van der Waals surface area contributed by atoms with Crippen molar-refractivity contribution in [3.05, 3.63) is 72.3 Å². The number of rotatable bonds is 6. The van der Waals surface area contributed by atoms with Crippen LogP contribution in [0.25, 0.3) is 33.3 Å². The second-order valence-corrected chi connectivity index (χ2v) is 9.22. The number of thioether (sulfide) groups is 1. The first-order chi connectivity index (χ1) is 16.0. The molecule has 0 aliphatic heterocycles. The van der Waals surface area contributed by atoms with Gasteiger partial charge in [-0.25, -0.2) is 0 Å². The first-order valence-electron chi connectivity index (χ1n) is 10.9. The van der Waals surface area contributed by atoms with Gasteiger partial charge in [-0.1, -0.05) is 48.2 Å². The van der Waals surface area contributed by atoms with E-state index in [2.05, 4.69) is 51.3 Å². The molecule has 5 rings (SSSR count). The minimum atomic E-state index is -0.400. The predicted molar refractivity (Wildman–Crippen MR) is 134 cm³/mol. The van der Waals surface area contributed by atoms with Crippen LogP contribution in [-0.2, 0) is 11.3 Å². The zero-order chi connectivity index (χ0) is 22.9. The monoisotopic (exact) mass is 456 g/mol. The van der Waals surface area contributed by atoms with Gasteiger partial charge in [0.1, 0.15) is 0 Å². The first-order valence-corrected chi connectivity index (χ1v) is 11.8. The quantitative estimate of drug-likeness (QED) is 0.304. The van der Waals surface area contributed by atoms with E-state index in [0.29, 0.717) is 11.1 Å². The van der Waals surface area contributed by atoms with Crippen LogP contribution in [0.1, 0.15) is 19.4 Å². The fraction of sp³-hybridized carbons (Fsp3) is 0.192. The Morgan fingerprint density at radius 1 is 1.03 bits per heavy atom. The van der Waals surface area contributed by atoms with Gasteiger partial charge >= 0.3 is 0 Å². The average Bonchev–Trinajstić information content (AvgIpc) is 3.41. The van der Waals surface area contributed by atoms with Crippen LogP contribution < -0.4 is 5.32 Å². The van der Waals surface area contributed by atoms with Crippen LogP contribution in [0.4, 0.5) is 5.69 Å². The molecule has 1 unspecified atom stereocenters. The number of aromatic nitrogens is 3. The summed E-state index contributed by atoms with van der Waals surface area (Å²) in [4.78, 5) is 12.9. The van der Waals surface area contributed by atoms with Crippen molar-refractivity contribution >= 4 is 45.2 Å². The SMILES string of the molecule is CCn1c2ccccc2c2cc(NC(=O)C(C)Sc3nnc(-c4ccccc4C)o3)ccc21. The van der Waals surface area contributed by atoms with Gasteiger partial charge in [0.15, 0.2) is 0 Å². The summed E-state index contributed by atoms with van der Waals surface area (Å²) in [6, 6.07) is 22.3. The molecule has 1 N–H and O–H groups in total. The number of anilines is 1. The Bertz CT molecular complexity index is 1470. The van der Waals surface area contributed by atoms with E-state index in [1.165, 1.54) is 22.7 Å². The van der Waals surface area contributed by atoms with Crippen molar-refractivity contribution in [2.45, 2.75) is 37.8 Å². The largest absolute Gasteiger partial charge is 0.411 e. The van der Waals surface area contributed by atoms with Gasteiger partial charge < -0.3 is 14.3 Å². The molecule has 0 spiro atoms. The van der Waals surface area contributed by atoms with Crippen LogP contribution in [0.15, 0.2) is 76.4 Å². The molecular formula is C26H24N4O2S. The van der Waals surface area contributed by atoms with E-state index in [1.807, 2.05) is 56.3 Å². The van der Waals surface area contributed by atoms with Gasteiger partial charge in [0.25, 0.3) is 5.22 Å². The normalized spacial score (nSPS) is 12.3. The van der Waals surface area contributed by atoms with Gasteiger partial charge in [-0.05, 0) is 56.7 Å². The van der Waals surface area contributed by atoms with Crippen molar-refractivity contribution in [2.24, 2.45) is 0 Å². The third-order valence-electron chi connectivity index (χ3n) is 5.78. The fourth-order valence-corrected chi connectivity index (χ4v) is 4.78. The number of hydrogen-bond donors (Lipinski definition) is 1. The van der Waals surface area contributed by atoms with E-state index in [9.17, 15) is 4.79 Å². The summed E-state index contributed by atoms with van der Waals surface area (Å²) < 4.78 is 8.09. The molecular weight excluding hydrogens is 432 g/mol. The molecule has 0 aliphatic rings. The van der Waals surface area contributed by atoms with Crippen LogP contribution >= 0.6 is 11.8 Å². The van der Waals surface area contributed by atoms with Crippen molar-refractivity contribution < 1.29 is 9.21 Å². The molecule has 3 aromatic carbocycles. The number of para-hydroxylation sites is 1. The van der Waals surface area contributed by atoms with E-state index < -0.39 is 5.25 Å². The predicted octanol–water partition coefficient (Wildman–Crippen LogP) is 6.29. The molecule has 0 saturated carbocycles. The molecule has 6 nitrogen and oxygen atoms in total. The lowest BCUT2D eigenvalue weighted by atomic mass is 10.1. The van der Waals surface area contributed by atoms with Crippen LogP contribution in [0.2, 0.25) is 0 Å². The van der Waals surface area contributed by atoms with Crippen molar-refractivity contribution in [3.8, 4) is 11.5 Å². The second-order valence-electron chi connectivity index (χ2n) is 7.93. The number of nitrogens with zero attached hydrogens (tertiary/aromatic N) is 3. The van der Waals surface area contributed by atoms with E-state index in [1.54, 1.807) is 0 Å². The number of aryl methyl sites for hydroxylation is 2. The van der Waals surface area contributed by atoms with Crippen molar-refractivity contribution in [1.29, 1.82) is 0 Å². The van der Waals surface area contributed by atoms with Crippen molar-refractivity contribution in [1.82, 2.24) is 14.8 Å². The first kappa shape index (κ1) is 21.3. The minimum Gasteiger partial charge on any atom is -0.411 e. The standard InChI is InChI=1S/C26H24N4O2S/c1-4-30-22-12-8-7-11-20(22)21-15-18(13-14-23(21)30)27-24(31)17(3)33-26-29-28-25(32-26)19-10-6-5-9-16(19)2/h5-15,17H,4H2,1-3H3,(H,27,31). The number of carbonyl (C=O) groups is 1. The number of hydrogen-bond acceptors (Lipinski definition) is 5. The van der Waals surface area contributed by atoms with E-state index >= 15 is 0 Å². The minimum absolute atomic E-state index is 0.116. The molecule has 1 atom stereocenters. The van der Waals surface area contributed by atoms with Gasteiger partial charge in [-0.15, -0.1) is 10.2 Å². The second kappa shape index (κ2) is 8.75. The van der Waals surface area contributed by atoms with Crippen molar-refractivity contribution in [3.63, 3.8) is 0 Å². The van der Waals surface area contributed by atoms with Crippen LogP contribution in [-0.4, -0.2) is 25.9 Å². The van der Waals surface area contributed by atoms with Crippen molar-refractivity contribution in [2.75, 3.05) is 5.32 Å². The lowest BCUT2D eigenvalue weighted by molar-refractivity contribution is -0.115. The Balaban J connectivity index is 1.33. The van der Waals surface area contributed by atoms with Crippen LogP contribution in [0.3, 0.4) is 0 Å². The Hall–Kier alpha value is -3.58. The maximum absolute atomic E-state index is 12.9. The zero-order valence-electron chi connectivity index (χ0n) is 18.7. The summed E-state index contributed by atoms with van der Waals surface area (Å²) in [5.74, 6) is 0.343. The molecule has 0 saturated heterocycles. The highest BCUT2D eigenvalue weighted by molar-refractivity contribution is 8.00. The van der Waals surface area contributed by atoms with Gasteiger partial charge in [-0.3, -0.25) is 4.79 Å². The highest BCUT2D eigenvalue weighted by atomic mass is 32.2. The smallest absolute Gasteiger partial charge is 0.277 e. The molecule has 0 fully saturated rings. The summed E-state index contributed by atoms with van der Waals surface area (Å²) in [7, 11) is 0. The number of nitrogens with one attached hydrogen (secondary N) is 1. The number of fused-ring (bicyclic) bond motifs is 3. The molecule has 0 bridgehead atoms. The summed E-state index contributed by atoms with van der Waals surface area (Å²) in [6.45, 7) is 6.86. The van der Waals surface area contributed by atoms with Gasteiger partial charge in [0, 0.05) is 39.6 Å². The number of carbonyl (C=O) groups excluding carboxylic acids is 1. The summed E-state index contributed by atoms with van der Waals surface area (Å²) >= 11 is 1.25. The third kappa shape index (κ3) is 4.00. The van der Waals surface area contributed by atoms with Crippen LogP contribution in [0, 0.1) is 6.92 Å². The third-order valence-corrected chi connectivity index (χ3v) is 6.72. The number of benzene rings is 3. The van der Waals surface area contributed by atoms with Gasteiger partial charge in [0.05, 0.1) is 5.25 Å². The maximum Gasteiger partial charge on any atom is 0.277 e. The molecule has 5 aromatic rings. The Labute approximate surface area is 196 Å². The molecule has 7 heteroatoms.